The highest BCUT2D eigenvalue weighted by Gasteiger charge is 1.93. The van der Waals surface area contributed by atoms with Crippen molar-refractivity contribution < 1.29 is 0 Å². The lowest BCUT2D eigenvalue weighted by Gasteiger charge is -2.08. The van der Waals surface area contributed by atoms with Gasteiger partial charge >= 0.3 is 0 Å². The lowest BCUT2D eigenvalue weighted by Crippen LogP contribution is -2.21. The number of nitrogens with one attached hydrogen (secondary N) is 1. The van der Waals surface area contributed by atoms with Crippen LogP contribution in [0.25, 0.3) is 0 Å². The zero-order chi connectivity index (χ0) is 11.2. The van der Waals surface area contributed by atoms with Crippen LogP contribution in [0.15, 0.2) is 0 Å². The minimum atomic E-state index is 0.935. The summed E-state index contributed by atoms with van der Waals surface area (Å²) in [6, 6.07) is 0. The van der Waals surface area contributed by atoms with Gasteiger partial charge in [-0.2, -0.15) is 0 Å². The van der Waals surface area contributed by atoms with Gasteiger partial charge in [0.2, 0.25) is 0 Å². The van der Waals surface area contributed by atoms with E-state index in [0.29, 0.717) is 0 Å². The minimum absolute atomic E-state index is 0.935. The predicted octanol–water partition coefficient (Wildman–Crippen LogP) is 4.23. The Bertz CT molecular complexity index is 61.8. The third-order valence-electron chi connectivity index (χ3n) is 2.60. The van der Waals surface area contributed by atoms with E-state index in [0.717, 1.165) is 5.92 Å². The summed E-state index contributed by atoms with van der Waals surface area (Å²) in [7, 11) is 0. The Morgan fingerprint density at radius 1 is 0.929 bits per heavy atom. The molecule has 0 aromatic rings. The Kier molecular flexibility index (Phi) is 18.1. The molecule has 1 fully saturated rings. The normalized spacial score (nSPS) is 15.0. The smallest absolute Gasteiger partial charge is 0.00489 e. The molecule has 14 heavy (non-hydrogen) atoms. The van der Waals surface area contributed by atoms with Crippen LogP contribution in [0.1, 0.15) is 66.7 Å². The fourth-order valence-corrected chi connectivity index (χ4v) is 1.09. The van der Waals surface area contributed by atoms with Crippen molar-refractivity contribution in [3.63, 3.8) is 0 Å². The quantitative estimate of drug-likeness (QED) is 0.705. The van der Waals surface area contributed by atoms with E-state index in [-0.39, 0.29) is 0 Å². The molecule has 0 aromatic heterocycles. The highest BCUT2D eigenvalue weighted by Crippen LogP contribution is 2.02. The predicted molar refractivity (Wildman–Crippen MR) is 67.8 cm³/mol. The molecule has 1 heterocycles. The van der Waals surface area contributed by atoms with Crippen LogP contribution >= 0.6 is 0 Å². The van der Waals surface area contributed by atoms with Gasteiger partial charge in [-0.1, -0.05) is 53.9 Å². The van der Waals surface area contributed by atoms with Crippen LogP contribution in [-0.2, 0) is 0 Å². The van der Waals surface area contributed by atoms with E-state index in [1.165, 1.54) is 45.2 Å². The first-order chi connectivity index (χ1) is 6.81. The Hall–Kier alpha value is -0.0400. The zero-order valence-corrected chi connectivity index (χ0v) is 11.0. The highest BCUT2D eigenvalue weighted by molar-refractivity contribution is 4.55. The van der Waals surface area contributed by atoms with E-state index < -0.39 is 0 Å². The van der Waals surface area contributed by atoms with E-state index in [1.54, 1.807) is 0 Å². The van der Waals surface area contributed by atoms with Gasteiger partial charge in [-0.15, -0.1) is 0 Å². The van der Waals surface area contributed by atoms with Gasteiger partial charge in [0.25, 0.3) is 0 Å². The van der Waals surface area contributed by atoms with Crippen molar-refractivity contribution in [1.82, 2.24) is 5.32 Å². The second-order valence-electron chi connectivity index (χ2n) is 3.73. The molecule has 88 valence electrons. The Morgan fingerprint density at radius 2 is 1.36 bits per heavy atom. The van der Waals surface area contributed by atoms with Crippen LogP contribution < -0.4 is 5.32 Å². The summed E-state index contributed by atoms with van der Waals surface area (Å²) in [6.45, 7) is 13.2. The molecule has 0 amide bonds. The third-order valence-corrected chi connectivity index (χ3v) is 2.60. The van der Waals surface area contributed by atoms with Gasteiger partial charge in [0.15, 0.2) is 0 Å². The summed E-state index contributed by atoms with van der Waals surface area (Å²) in [4.78, 5) is 0. The first-order valence-corrected chi connectivity index (χ1v) is 6.52. The van der Waals surface area contributed by atoms with Gasteiger partial charge in [0, 0.05) is 0 Å². The fourth-order valence-electron chi connectivity index (χ4n) is 1.09. The number of rotatable bonds is 2. The SMILES string of the molecule is C1CCNCC1.CC.CCC(C)CC. The average Bonchev–Trinajstić information content (AvgIpc) is 2.33. The van der Waals surface area contributed by atoms with Gasteiger partial charge in [-0.25, -0.2) is 0 Å². The lowest BCUT2D eigenvalue weighted by molar-refractivity contribution is 0.520. The molecule has 0 unspecified atom stereocenters. The molecule has 0 bridgehead atoms. The summed E-state index contributed by atoms with van der Waals surface area (Å²) in [5.74, 6) is 0.935. The standard InChI is InChI=1S/C6H14.C5H11N.C2H6/c1-4-6(3)5-2;1-2-4-6-5-3-1;1-2/h6H,4-5H2,1-3H3;6H,1-5H2;1-2H3. The maximum Gasteiger partial charge on any atom is -0.00489 e. The summed E-state index contributed by atoms with van der Waals surface area (Å²) in [5, 5.41) is 3.28. The monoisotopic (exact) mass is 201 g/mol. The minimum Gasteiger partial charge on any atom is -0.317 e. The van der Waals surface area contributed by atoms with Crippen LogP contribution in [0.2, 0.25) is 0 Å². The first kappa shape index (κ1) is 16.4. The molecule has 0 aliphatic carbocycles. The van der Waals surface area contributed by atoms with Crippen molar-refractivity contribution in [2.45, 2.75) is 66.7 Å². The molecular formula is C13H31N. The zero-order valence-electron chi connectivity index (χ0n) is 11.0. The maximum atomic E-state index is 3.28. The van der Waals surface area contributed by atoms with Crippen molar-refractivity contribution in [2.24, 2.45) is 5.92 Å². The van der Waals surface area contributed by atoms with Gasteiger partial charge in [0.05, 0.1) is 0 Å². The van der Waals surface area contributed by atoms with Crippen molar-refractivity contribution >= 4 is 0 Å². The van der Waals surface area contributed by atoms with Crippen molar-refractivity contribution in [2.75, 3.05) is 13.1 Å². The summed E-state index contributed by atoms with van der Waals surface area (Å²) < 4.78 is 0. The molecule has 1 nitrogen and oxygen atoms in total. The Balaban J connectivity index is 0. The fraction of sp³-hybridized carbons (Fsp3) is 1.00. The van der Waals surface area contributed by atoms with Gasteiger partial charge < -0.3 is 5.32 Å². The van der Waals surface area contributed by atoms with Gasteiger partial charge in [0.1, 0.15) is 0 Å². The van der Waals surface area contributed by atoms with Crippen LogP contribution in [0.3, 0.4) is 0 Å². The van der Waals surface area contributed by atoms with Gasteiger partial charge in [-0.05, 0) is 31.8 Å². The molecular weight excluding hydrogens is 170 g/mol. The van der Waals surface area contributed by atoms with E-state index >= 15 is 0 Å². The van der Waals surface area contributed by atoms with Crippen LogP contribution in [0.5, 0.6) is 0 Å². The maximum absolute atomic E-state index is 3.28. The average molecular weight is 201 g/mol. The van der Waals surface area contributed by atoms with E-state index in [4.69, 9.17) is 0 Å². The highest BCUT2D eigenvalue weighted by atomic mass is 14.9. The second kappa shape index (κ2) is 15.4. The van der Waals surface area contributed by atoms with E-state index in [9.17, 15) is 0 Å². The molecule has 0 aromatic carbocycles. The molecule has 0 spiro atoms. The van der Waals surface area contributed by atoms with E-state index in [2.05, 4.69) is 26.1 Å². The van der Waals surface area contributed by atoms with Gasteiger partial charge in [-0.3, -0.25) is 0 Å². The summed E-state index contributed by atoms with van der Waals surface area (Å²) in [6.07, 6.45) is 6.88. The topological polar surface area (TPSA) is 12.0 Å². The number of hydrogen-bond acceptors (Lipinski definition) is 1. The molecule has 1 aliphatic heterocycles. The lowest BCUT2D eigenvalue weighted by atomic mass is 10.1. The third kappa shape index (κ3) is 14.5. The summed E-state index contributed by atoms with van der Waals surface area (Å²) in [5.41, 5.74) is 0. The van der Waals surface area contributed by atoms with E-state index in [1.807, 2.05) is 13.8 Å². The summed E-state index contributed by atoms with van der Waals surface area (Å²) >= 11 is 0. The molecule has 0 saturated carbocycles. The van der Waals surface area contributed by atoms with Crippen LogP contribution in [0, 0.1) is 5.92 Å². The first-order valence-electron chi connectivity index (χ1n) is 6.52. The molecule has 1 rings (SSSR count). The number of piperidine rings is 1. The molecule has 1 heteroatoms. The Labute approximate surface area is 91.7 Å². The molecule has 1 N–H and O–H groups in total. The van der Waals surface area contributed by atoms with Crippen molar-refractivity contribution in [3.8, 4) is 0 Å². The molecule has 1 saturated heterocycles. The van der Waals surface area contributed by atoms with Crippen molar-refractivity contribution in [1.29, 1.82) is 0 Å². The van der Waals surface area contributed by atoms with Crippen LogP contribution in [-0.4, -0.2) is 13.1 Å². The Morgan fingerprint density at radius 3 is 1.43 bits per heavy atom. The number of hydrogen-bond donors (Lipinski definition) is 1. The van der Waals surface area contributed by atoms with Crippen molar-refractivity contribution in [3.05, 3.63) is 0 Å². The molecule has 1 aliphatic rings. The molecule has 0 radical (unpaired) electrons. The largest absolute Gasteiger partial charge is 0.317 e. The molecule has 0 atom stereocenters. The van der Waals surface area contributed by atoms with Crippen LogP contribution in [0.4, 0.5) is 0 Å². The second-order valence-corrected chi connectivity index (χ2v) is 3.73.